The lowest BCUT2D eigenvalue weighted by molar-refractivity contribution is 0.0671. The summed E-state index contributed by atoms with van der Waals surface area (Å²) in [5, 5.41) is 10.8. The first-order valence-corrected chi connectivity index (χ1v) is 9.54. The summed E-state index contributed by atoms with van der Waals surface area (Å²) in [7, 11) is 1.58. The second-order valence-corrected chi connectivity index (χ2v) is 7.26. The van der Waals surface area contributed by atoms with E-state index in [0.717, 1.165) is 36.1 Å². The molecule has 1 unspecified atom stereocenters. The maximum Gasteiger partial charge on any atom is 0.273 e. The van der Waals surface area contributed by atoms with E-state index < -0.39 is 0 Å². The molecular weight excluding hydrogens is 358 g/mol. The predicted molar refractivity (Wildman–Crippen MR) is 104 cm³/mol. The Balaban J connectivity index is 1.66. The van der Waals surface area contributed by atoms with Gasteiger partial charge in [0.2, 0.25) is 0 Å². The maximum atomic E-state index is 12.9. The van der Waals surface area contributed by atoms with Crippen molar-refractivity contribution in [3.63, 3.8) is 0 Å². The van der Waals surface area contributed by atoms with Crippen LogP contribution < -0.4 is 5.32 Å². The zero-order valence-electron chi connectivity index (χ0n) is 16.6. The van der Waals surface area contributed by atoms with Crippen LogP contribution in [0, 0.1) is 13.8 Å². The Morgan fingerprint density at radius 3 is 2.71 bits per heavy atom. The van der Waals surface area contributed by atoms with Gasteiger partial charge in [0.1, 0.15) is 0 Å². The van der Waals surface area contributed by atoms with E-state index in [1.165, 1.54) is 0 Å². The number of hydrogen-bond acceptors (Lipinski definition) is 5. The Kier molecular flexibility index (Phi) is 6.41. The Morgan fingerprint density at radius 1 is 1.25 bits per heavy atom. The van der Waals surface area contributed by atoms with Gasteiger partial charge in [0.25, 0.3) is 11.8 Å². The molecule has 8 heteroatoms. The number of carbonyl (C=O) groups excluding carboxylic acids is 2. The molecule has 0 saturated carbocycles. The second-order valence-electron chi connectivity index (χ2n) is 7.26. The van der Waals surface area contributed by atoms with Gasteiger partial charge in [-0.05, 0) is 38.8 Å². The van der Waals surface area contributed by atoms with Gasteiger partial charge in [-0.15, -0.1) is 5.10 Å². The summed E-state index contributed by atoms with van der Waals surface area (Å²) < 4.78 is 6.62. The van der Waals surface area contributed by atoms with Crippen molar-refractivity contribution in [2.45, 2.75) is 32.7 Å². The van der Waals surface area contributed by atoms with Crippen LogP contribution in [-0.4, -0.2) is 65.1 Å². The number of likely N-dealkylation sites (tertiary alicyclic amines) is 1. The Hall–Kier alpha value is -2.74. The van der Waals surface area contributed by atoms with E-state index in [2.05, 4.69) is 21.7 Å². The van der Waals surface area contributed by atoms with Gasteiger partial charge in [-0.1, -0.05) is 22.4 Å². The highest BCUT2D eigenvalue weighted by molar-refractivity contribution is 5.94. The van der Waals surface area contributed by atoms with Crippen LogP contribution in [0.3, 0.4) is 0 Å². The highest BCUT2D eigenvalue weighted by Crippen LogP contribution is 2.23. The average Bonchev–Trinajstić information content (AvgIpc) is 3.17. The molecule has 1 N–H and O–H groups in total. The fourth-order valence-corrected chi connectivity index (χ4v) is 3.55. The molecule has 1 saturated heterocycles. The summed E-state index contributed by atoms with van der Waals surface area (Å²) >= 11 is 0. The SMILES string of the molecule is COCCNC(=O)c1cn(C2CCCN(C(=O)c3cc(C)cc(C)c3)C2)nn1. The topological polar surface area (TPSA) is 89.4 Å². The number of amides is 2. The summed E-state index contributed by atoms with van der Waals surface area (Å²) in [6, 6.07) is 5.93. The van der Waals surface area contributed by atoms with E-state index >= 15 is 0 Å². The van der Waals surface area contributed by atoms with Crippen LogP contribution in [0.4, 0.5) is 0 Å². The van der Waals surface area contributed by atoms with Crippen molar-refractivity contribution in [3.8, 4) is 0 Å². The summed E-state index contributed by atoms with van der Waals surface area (Å²) in [5.74, 6) is -0.239. The van der Waals surface area contributed by atoms with Crippen molar-refractivity contribution in [1.82, 2.24) is 25.2 Å². The molecule has 1 aromatic heterocycles. The number of aromatic nitrogens is 3. The van der Waals surface area contributed by atoms with Crippen molar-refractivity contribution < 1.29 is 14.3 Å². The molecule has 150 valence electrons. The fraction of sp³-hybridized carbons (Fsp3) is 0.500. The van der Waals surface area contributed by atoms with Gasteiger partial charge < -0.3 is 15.0 Å². The fourth-order valence-electron chi connectivity index (χ4n) is 3.55. The molecule has 0 aliphatic carbocycles. The van der Waals surface area contributed by atoms with Crippen LogP contribution in [-0.2, 0) is 4.74 Å². The minimum absolute atomic E-state index is 0.0108. The van der Waals surface area contributed by atoms with Gasteiger partial charge in [-0.25, -0.2) is 4.68 Å². The Bertz CT molecular complexity index is 828. The van der Waals surface area contributed by atoms with Crippen LogP contribution in [0.25, 0.3) is 0 Å². The van der Waals surface area contributed by atoms with Crippen molar-refractivity contribution in [2.24, 2.45) is 0 Å². The zero-order valence-corrected chi connectivity index (χ0v) is 16.6. The van der Waals surface area contributed by atoms with Crippen molar-refractivity contribution in [1.29, 1.82) is 0 Å². The van der Waals surface area contributed by atoms with E-state index in [0.29, 0.717) is 19.7 Å². The van der Waals surface area contributed by atoms with Crippen LogP contribution in [0.15, 0.2) is 24.4 Å². The zero-order chi connectivity index (χ0) is 20.1. The summed E-state index contributed by atoms with van der Waals surface area (Å²) in [5.41, 5.74) is 3.15. The molecule has 28 heavy (non-hydrogen) atoms. The minimum Gasteiger partial charge on any atom is -0.383 e. The first-order chi connectivity index (χ1) is 13.5. The molecule has 0 spiro atoms. The lowest BCUT2D eigenvalue weighted by atomic mass is 10.0. The van der Waals surface area contributed by atoms with Crippen LogP contribution in [0.5, 0.6) is 0 Å². The first kappa shape index (κ1) is 20.0. The van der Waals surface area contributed by atoms with Gasteiger partial charge in [-0.3, -0.25) is 9.59 Å². The maximum absolute atomic E-state index is 12.9. The summed E-state index contributed by atoms with van der Waals surface area (Å²) in [6.45, 7) is 6.14. The van der Waals surface area contributed by atoms with Gasteiger partial charge in [0.15, 0.2) is 5.69 Å². The molecule has 0 bridgehead atoms. The van der Waals surface area contributed by atoms with E-state index in [4.69, 9.17) is 4.74 Å². The molecule has 1 atom stereocenters. The van der Waals surface area contributed by atoms with Crippen molar-refractivity contribution in [2.75, 3.05) is 33.4 Å². The molecule has 2 heterocycles. The van der Waals surface area contributed by atoms with Crippen LogP contribution >= 0.6 is 0 Å². The highest BCUT2D eigenvalue weighted by atomic mass is 16.5. The Morgan fingerprint density at radius 2 is 2.00 bits per heavy atom. The quantitative estimate of drug-likeness (QED) is 0.765. The highest BCUT2D eigenvalue weighted by Gasteiger charge is 2.27. The molecule has 0 radical (unpaired) electrons. The Labute approximate surface area is 164 Å². The van der Waals surface area contributed by atoms with Gasteiger partial charge in [0.05, 0.1) is 18.8 Å². The molecule has 8 nitrogen and oxygen atoms in total. The molecular formula is C20H27N5O3. The molecule has 2 aromatic rings. The van der Waals surface area contributed by atoms with Crippen LogP contribution in [0.2, 0.25) is 0 Å². The van der Waals surface area contributed by atoms with Gasteiger partial charge >= 0.3 is 0 Å². The van der Waals surface area contributed by atoms with E-state index in [1.54, 1.807) is 18.0 Å². The average molecular weight is 385 g/mol. The molecule has 2 amide bonds. The summed E-state index contributed by atoms with van der Waals surface area (Å²) in [4.78, 5) is 26.9. The van der Waals surface area contributed by atoms with E-state index in [-0.39, 0.29) is 23.6 Å². The molecule has 1 aliphatic heterocycles. The number of rotatable bonds is 6. The van der Waals surface area contributed by atoms with Crippen molar-refractivity contribution in [3.05, 3.63) is 46.8 Å². The largest absolute Gasteiger partial charge is 0.383 e. The number of methoxy groups -OCH3 is 1. The molecule has 1 fully saturated rings. The smallest absolute Gasteiger partial charge is 0.273 e. The molecule has 3 rings (SSSR count). The number of piperidine rings is 1. The minimum atomic E-state index is -0.276. The monoisotopic (exact) mass is 385 g/mol. The van der Waals surface area contributed by atoms with Crippen molar-refractivity contribution >= 4 is 11.8 Å². The number of nitrogens with zero attached hydrogens (tertiary/aromatic N) is 4. The van der Waals surface area contributed by atoms with Crippen LogP contribution in [0.1, 0.15) is 50.9 Å². The van der Waals surface area contributed by atoms with E-state index in [9.17, 15) is 9.59 Å². The standard InChI is InChI=1S/C20H27N5O3/c1-14-9-15(2)11-16(10-14)20(27)24-7-4-5-17(12-24)25-13-18(22-23-25)19(26)21-6-8-28-3/h9-11,13,17H,4-8,12H2,1-3H3,(H,21,26). The number of benzene rings is 1. The third-order valence-electron chi connectivity index (χ3n) is 4.86. The molecule has 1 aliphatic rings. The lowest BCUT2D eigenvalue weighted by Crippen LogP contribution is -2.41. The third kappa shape index (κ3) is 4.75. The number of ether oxygens (including phenoxy) is 1. The number of aryl methyl sites for hydroxylation is 2. The number of carbonyl (C=O) groups is 2. The predicted octanol–water partition coefficient (Wildman–Crippen LogP) is 1.75. The van der Waals surface area contributed by atoms with Gasteiger partial charge in [0, 0.05) is 32.3 Å². The summed E-state index contributed by atoms with van der Waals surface area (Å²) in [6.07, 6.45) is 3.43. The van der Waals surface area contributed by atoms with Gasteiger partial charge in [-0.2, -0.15) is 0 Å². The third-order valence-corrected chi connectivity index (χ3v) is 4.86. The first-order valence-electron chi connectivity index (χ1n) is 9.54. The number of nitrogens with one attached hydrogen (secondary N) is 1. The normalized spacial score (nSPS) is 16.8. The van der Waals surface area contributed by atoms with E-state index in [1.807, 2.05) is 30.9 Å². The number of hydrogen-bond donors (Lipinski definition) is 1. The molecule has 1 aromatic carbocycles. The lowest BCUT2D eigenvalue weighted by Gasteiger charge is -2.32. The second kappa shape index (κ2) is 8.97.